The number of hydrogen-bond donors (Lipinski definition) is 1. The van der Waals surface area contributed by atoms with Crippen molar-refractivity contribution in [1.82, 2.24) is 0 Å². The van der Waals surface area contributed by atoms with Crippen molar-refractivity contribution in [3.8, 4) is 0 Å². The van der Waals surface area contributed by atoms with Crippen molar-refractivity contribution >= 4 is 30.1 Å². The van der Waals surface area contributed by atoms with Crippen molar-refractivity contribution in [2.45, 2.75) is 86.9 Å². The van der Waals surface area contributed by atoms with Crippen molar-refractivity contribution in [1.29, 1.82) is 0 Å². The van der Waals surface area contributed by atoms with Gasteiger partial charge in [-0.1, -0.05) is 0 Å². The summed E-state index contributed by atoms with van der Waals surface area (Å²) in [6, 6.07) is 21.3. The summed E-state index contributed by atoms with van der Waals surface area (Å²) >= 11 is -0.667. The van der Waals surface area contributed by atoms with Gasteiger partial charge < -0.3 is 0 Å². The maximum atomic E-state index is 11.7. The quantitative estimate of drug-likeness (QED) is 0.200. The standard InChI is InChI=1S/C14H13OS.3C4H9.Sn/c15-14(12-7-3-1-4-8-12)11-16-13-9-5-2-6-10-13;3*1-3-4-2;/h1-11,14-15H;3*1,3-4H2,2H3;/t14-;;;;/m0..../s1. The molecule has 0 aliphatic carbocycles. The number of thioether (sulfide) groups is 1. The molecule has 160 valence electrons. The van der Waals surface area contributed by atoms with Crippen LogP contribution in [0.15, 0.2) is 65.6 Å². The molecule has 2 atom stereocenters. The second kappa shape index (κ2) is 13.8. The van der Waals surface area contributed by atoms with E-state index in [4.69, 9.17) is 0 Å². The van der Waals surface area contributed by atoms with E-state index in [2.05, 4.69) is 81.4 Å². The van der Waals surface area contributed by atoms with Crippen molar-refractivity contribution in [2.75, 3.05) is 0 Å². The first kappa shape index (κ1) is 24.8. The van der Waals surface area contributed by atoms with Crippen molar-refractivity contribution in [2.24, 2.45) is 0 Å². The average Bonchev–Trinajstić information content (AvgIpc) is 2.78. The molecule has 29 heavy (non-hydrogen) atoms. The minimum atomic E-state index is -2.66. The molecule has 0 aliphatic heterocycles. The van der Waals surface area contributed by atoms with E-state index in [9.17, 15) is 5.11 Å². The molecule has 0 amide bonds. The van der Waals surface area contributed by atoms with Crippen LogP contribution in [0.3, 0.4) is 0 Å². The molecule has 0 saturated carbocycles. The summed E-state index contributed by atoms with van der Waals surface area (Å²) in [5, 5.41) is 11.7. The zero-order chi connectivity index (χ0) is 21.0. The summed E-state index contributed by atoms with van der Waals surface area (Å²) in [7, 11) is 0. The van der Waals surface area contributed by atoms with Crippen LogP contribution in [0.25, 0.3) is 0 Å². The van der Waals surface area contributed by atoms with E-state index in [1.54, 1.807) is 0 Å². The van der Waals surface area contributed by atoms with E-state index < -0.39 is 18.4 Å². The van der Waals surface area contributed by atoms with Gasteiger partial charge in [0.2, 0.25) is 0 Å². The molecular formula is C26H40OSSn. The van der Waals surface area contributed by atoms with Crippen LogP contribution in [0.2, 0.25) is 13.3 Å². The average molecular weight is 519 g/mol. The molecule has 0 fully saturated rings. The molecule has 2 aromatic carbocycles. The number of aliphatic hydroxyl groups is 1. The SMILES string of the molecule is CCC[CH2][Sn]([CH2]CCC)([CH2]CCC)[C@H](Sc1ccccc1)[C@H](O)c1ccccc1. The van der Waals surface area contributed by atoms with Crippen LogP contribution in [-0.2, 0) is 0 Å². The summed E-state index contributed by atoms with van der Waals surface area (Å²) in [6.45, 7) is 6.97. The zero-order valence-electron chi connectivity index (χ0n) is 18.6. The van der Waals surface area contributed by atoms with Crippen molar-refractivity contribution < 1.29 is 5.11 Å². The molecule has 0 heterocycles. The van der Waals surface area contributed by atoms with Crippen LogP contribution < -0.4 is 0 Å². The summed E-state index contributed by atoms with van der Waals surface area (Å²) in [6.07, 6.45) is 7.43. The van der Waals surface area contributed by atoms with E-state index >= 15 is 0 Å². The Kier molecular flexibility index (Phi) is 11.8. The fourth-order valence-electron chi connectivity index (χ4n) is 4.38. The number of hydrogen-bond acceptors (Lipinski definition) is 2. The van der Waals surface area contributed by atoms with Crippen LogP contribution in [0.4, 0.5) is 0 Å². The first-order chi connectivity index (χ1) is 14.2. The van der Waals surface area contributed by atoms with Crippen molar-refractivity contribution in [3.63, 3.8) is 0 Å². The Labute approximate surface area is 187 Å². The first-order valence-electron chi connectivity index (χ1n) is 11.6. The van der Waals surface area contributed by atoms with E-state index in [0.717, 1.165) is 5.56 Å². The van der Waals surface area contributed by atoms with Gasteiger partial charge in [0, 0.05) is 0 Å². The van der Waals surface area contributed by atoms with Crippen molar-refractivity contribution in [3.05, 3.63) is 66.2 Å². The van der Waals surface area contributed by atoms with Gasteiger partial charge in [-0.15, -0.1) is 0 Å². The van der Waals surface area contributed by atoms with E-state index in [1.165, 1.54) is 56.7 Å². The van der Waals surface area contributed by atoms with E-state index in [1.807, 2.05) is 11.8 Å². The van der Waals surface area contributed by atoms with Gasteiger partial charge >= 0.3 is 188 Å². The maximum absolute atomic E-state index is 11.7. The summed E-state index contributed by atoms with van der Waals surface area (Å²) < 4.78 is 4.62. The van der Waals surface area contributed by atoms with Crippen LogP contribution in [0, 0.1) is 0 Å². The predicted molar refractivity (Wildman–Crippen MR) is 132 cm³/mol. The Morgan fingerprint density at radius 3 is 1.62 bits per heavy atom. The Hall–Kier alpha value is -0.451. The number of aliphatic hydroxyl groups excluding tert-OH is 1. The molecule has 0 radical (unpaired) electrons. The molecule has 0 bridgehead atoms. The van der Waals surface area contributed by atoms with Gasteiger partial charge in [-0.3, -0.25) is 0 Å². The van der Waals surface area contributed by atoms with Gasteiger partial charge in [-0.25, -0.2) is 0 Å². The number of rotatable bonds is 14. The Balaban J connectivity index is 2.47. The second-order valence-corrected chi connectivity index (χ2v) is 24.6. The number of unbranched alkanes of at least 4 members (excludes halogenated alkanes) is 3. The molecule has 0 aliphatic rings. The zero-order valence-corrected chi connectivity index (χ0v) is 22.3. The third kappa shape index (κ3) is 7.63. The molecule has 3 heteroatoms. The summed E-state index contributed by atoms with van der Waals surface area (Å²) in [4.78, 5) is 1.32. The second-order valence-electron chi connectivity index (χ2n) is 8.38. The molecule has 0 aromatic heterocycles. The van der Waals surface area contributed by atoms with Crippen LogP contribution in [0.5, 0.6) is 0 Å². The van der Waals surface area contributed by atoms with Gasteiger partial charge in [0.25, 0.3) is 0 Å². The fraction of sp³-hybridized carbons (Fsp3) is 0.538. The van der Waals surface area contributed by atoms with Crippen LogP contribution >= 0.6 is 11.8 Å². The van der Waals surface area contributed by atoms with E-state index in [-0.39, 0.29) is 6.10 Å². The normalized spacial score (nSPS) is 13.9. The topological polar surface area (TPSA) is 20.2 Å². The monoisotopic (exact) mass is 520 g/mol. The Morgan fingerprint density at radius 2 is 1.17 bits per heavy atom. The molecule has 2 rings (SSSR count). The Bertz CT molecular complexity index is 639. The summed E-state index contributed by atoms with van der Waals surface area (Å²) in [5.41, 5.74) is 1.10. The van der Waals surface area contributed by atoms with Crippen LogP contribution in [-0.4, -0.2) is 26.7 Å². The fourth-order valence-corrected chi connectivity index (χ4v) is 27.3. The minimum absolute atomic E-state index is 0.359. The molecular weight excluding hydrogens is 479 g/mol. The molecule has 0 saturated heterocycles. The Morgan fingerprint density at radius 1 is 0.724 bits per heavy atom. The molecule has 0 unspecified atom stereocenters. The van der Waals surface area contributed by atoms with E-state index in [0.29, 0.717) is 3.27 Å². The number of benzene rings is 2. The molecule has 2 aromatic rings. The van der Waals surface area contributed by atoms with Gasteiger partial charge in [-0.05, 0) is 0 Å². The molecule has 1 nitrogen and oxygen atoms in total. The van der Waals surface area contributed by atoms with Gasteiger partial charge in [0.15, 0.2) is 0 Å². The van der Waals surface area contributed by atoms with Gasteiger partial charge in [-0.2, -0.15) is 0 Å². The molecule has 1 N–H and O–H groups in total. The van der Waals surface area contributed by atoms with Gasteiger partial charge in [0.1, 0.15) is 0 Å². The van der Waals surface area contributed by atoms with Gasteiger partial charge in [0.05, 0.1) is 0 Å². The third-order valence-corrected chi connectivity index (χ3v) is 27.4. The van der Waals surface area contributed by atoms with Crippen LogP contribution in [0.1, 0.15) is 71.0 Å². The molecule has 0 spiro atoms. The first-order valence-corrected chi connectivity index (χ1v) is 20.2. The summed E-state index contributed by atoms with van der Waals surface area (Å²) in [5.74, 6) is 0. The predicted octanol–water partition coefficient (Wildman–Crippen LogP) is 8.27. The third-order valence-electron chi connectivity index (χ3n) is 6.12.